The van der Waals surface area contributed by atoms with Gasteiger partial charge in [-0.05, 0) is 37.6 Å². The van der Waals surface area contributed by atoms with E-state index in [1.54, 1.807) is 12.4 Å². The Balaban J connectivity index is 2.53. The highest BCUT2D eigenvalue weighted by Crippen LogP contribution is 2.08. The Morgan fingerprint density at radius 3 is 2.65 bits per heavy atom. The monoisotopic (exact) mass is 226 g/mol. The first-order chi connectivity index (χ1) is 8.36. The SMILES string of the molecule is C\C=C/C(CC)=N\C=C\C=Nc1ccccc1. The van der Waals surface area contributed by atoms with Crippen molar-refractivity contribution in [1.29, 1.82) is 0 Å². The van der Waals surface area contributed by atoms with Gasteiger partial charge >= 0.3 is 0 Å². The number of nitrogens with zero attached hydrogens (tertiary/aromatic N) is 2. The molecular formula is C15H18N2. The minimum Gasteiger partial charge on any atom is -0.261 e. The Morgan fingerprint density at radius 1 is 1.24 bits per heavy atom. The van der Waals surface area contributed by atoms with Crippen LogP contribution in [0, 0.1) is 0 Å². The maximum absolute atomic E-state index is 4.32. The molecule has 2 nitrogen and oxygen atoms in total. The molecule has 0 spiro atoms. The van der Waals surface area contributed by atoms with Crippen molar-refractivity contribution < 1.29 is 0 Å². The third-order valence-electron chi connectivity index (χ3n) is 2.11. The fourth-order valence-electron chi connectivity index (χ4n) is 1.26. The highest BCUT2D eigenvalue weighted by molar-refractivity contribution is 5.95. The largest absolute Gasteiger partial charge is 0.261 e. The molecule has 0 unspecified atom stereocenters. The van der Waals surface area contributed by atoms with Gasteiger partial charge in [-0.25, -0.2) is 0 Å². The van der Waals surface area contributed by atoms with E-state index >= 15 is 0 Å². The van der Waals surface area contributed by atoms with Crippen LogP contribution in [0.25, 0.3) is 0 Å². The summed E-state index contributed by atoms with van der Waals surface area (Å²) in [7, 11) is 0. The number of aliphatic imine (C=N–C) groups is 2. The molecule has 0 aliphatic heterocycles. The van der Waals surface area contributed by atoms with Crippen molar-refractivity contribution in [2.24, 2.45) is 9.98 Å². The molecule has 0 heterocycles. The van der Waals surface area contributed by atoms with Crippen molar-refractivity contribution >= 4 is 17.6 Å². The van der Waals surface area contributed by atoms with Gasteiger partial charge in [0.1, 0.15) is 0 Å². The molecule has 0 N–H and O–H groups in total. The molecule has 0 bridgehead atoms. The zero-order chi connectivity index (χ0) is 12.3. The minimum absolute atomic E-state index is 0.935. The smallest absolute Gasteiger partial charge is 0.0629 e. The Kier molecular flexibility index (Phi) is 6.34. The van der Waals surface area contributed by atoms with Crippen LogP contribution < -0.4 is 0 Å². The number of benzene rings is 1. The Bertz CT molecular complexity index is 425. The lowest BCUT2D eigenvalue weighted by molar-refractivity contribution is 1.28. The Labute approximate surface area is 103 Å². The predicted molar refractivity (Wildman–Crippen MR) is 76.3 cm³/mol. The van der Waals surface area contributed by atoms with E-state index in [0.717, 1.165) is 17.8 Å². The third kappa shape index (κ3) is 5.61. The van der Waals surface area contributed by atoms with Crippen molar-refractivity contribution in [2.75, 3.05) is 0 Å². The van der Waals surface area contributed by atoms with E-state index < -0.39 is 0 Å². The second-order valence-corrected chi connectivity index (χ2v) is 3.43. The molecule has 0 atom stereocenters. The first-order valence-electron chi connectivity index (χ1n) is 5.80. The third-order valence-corrected chi connectivity index (χ3v) is 2.11. The molecule has 0 amide bonds. The summed E-state index contributed by atoms with van der Waals surface area (Å²) < 4.78 is 0. The van der Waals surface area contributed by atoms with E-state index in [4.69, 9.17) is 0 Å². The molecule has 0 aliphatic rings. The topological polar surface area (TPSA) is 24.7 Å². The van der Waals surface area contributed by atoms with Gasteiger partial charge in [-0.2, -0.15) is 0 Å². The number of allylic oxidation sites excluding steroid dienone is 3. The molecule has 88 valence electrons. The second-order valence-electron chi connectivity index (χ2n) is 3.43. The van der Waals surface area contributed by atoms with Gasteiger partial charge in [-0.15, -0.1) is 0 Å². The normalized spacial score (nSPS) is 13.2. The van der Waals surface area contributed by atoms with Crippen molar-refractivity contribution in [3.63, 3.8) is 0 Å². The maximum atomic E-state index is 4.32. The molecule has 1 aromatic carbocycles. The van der Waals surface area contributed by atoms with Gasteiger partial charge in [-0.3, -0.25) is 9.98 Å². The minimum atomic E-state index is 0.935. The fourth-order valence-corrected chi connectivity index (χ4v) is 1.26. The molecule has 2 heteroatoms. The summed E-state index contributed by atoms with van der Waals surface area (Å²) in [5.41, 5.74) is 2.02. The lowest BCUT2D eigenvalue weighted by Gasteiger charge is -1.91. The number of rotatable bonds is 5. The van der Waals surface area contributed by atoms with Gasteiger partial charge < -0.3 is 0 Å². The van der Waals surface area contributed by atoms with E-state index in [2.05, 4.69) is 16.9 Å². The number of hydrogen-bond donors (Lipinski definition) is 0. The molecule has 1 aromatic rings. The first-order valence-corrected chi connectivity index (χ1v) is 5.80. The lowest BCUT2D eigenvalue weighted by Crippen LogP contribution is -1.87. The highest BCUT2D eigenvalue weighted by atomic mass is 14.7. The van der Waals surface area contributed by atoms with Gasteiger partial charge in [0, 0.05) is 18.1 Å². The molecule has 0 fully saturated rings. The number of para-hydroxylation sites is 1. The Morgan fingerprint density at radius 2 is 2.00 bits per heavy atom. The highest BCUT2D eigenvalue weighted by Gasteiger charge is 1.84. The zero-order valence-corrected chi connectivity index (χ0v) is 10.4. The van der Waals surface area contributed by atoms with Crippen LogP contribution in [-0.2, 0) is 0 Å². The van der Waals surface area contributed by atoms with Crippen LogP contribution in [0.2, 0.25) is 0 Å². The molecule has 0 saturated heterocycles. The molecule has 0 aromatic heterocycles. The van der Waals surface area contributed by atoms with Gasteiger partial charge in [-0.1, -0.05) is 31.2 Å². The van der Waals surface area contributed by atoms with Crippen LogP contribution in [-0.4, -0.2) is 11.9 Å². The summed E-state index contributed by atoms with van der Waals surface area (Å²) in [6.07, 6.45) is 10.3. The first kappa shape index (κ1) is 13.1. The van der Waals surface area contributed by atoms with E-state index in [1.165, 1.54) is 0 Å². The predicted octanol–water partition coefficient (Wildman–Crippen LogP) is 4.33. The summed E-state index contributed by atoms with van der Waals surface area (Å²) in [6, 6.07) is 9.84. The van der Waals surface area contributed by atoms with Gasteiger partial charge in [0.25, 0.3) is 0 Å². The van der Waals surface area contributed by atoms with Crippen LogP contribution in [0.4, 0.5) is 5.69 Å². The quantitative estimate of drug-likeness (QED) is 0.668. The summed E-state index contributed by atoms with van der Waals surface area (Å²) >= 11 is 0. The second kappa shape index (κ2) is 8.22. The molecule has 0 saturated carbocycles. The maximum Gasteiger partial charge on any atom is 0.0629 e. The zero-order valence-electron chi connectivity index (χ0n) is 10.4. The van der Waals surface area contributed by atoms with E-state index in [9.17, 15) is 0 Å². The van der Waals surface area contributed by atoms with Crippen LogP contribution in [0.5, 0.6) is 0 Å². The average molecular weight is 226 g/mol. The molecule has 1 rings (SSSR count). The van der Waals surface area contributed by atoms with Crippen LogP contribution >= 0.6 is 0 Å². The average Bonchev–Trinajstić information content (AvgIpc) is 2.38. The van der Waals surface area contributed by atoms with Crippen LogP contribution in [0.1, 0.15) is 20.3 Å². The van der Waals surface area contributed by atoms with Crippen LogP contribution in [0.15, 0.2) is 64.7 Å². The summed E-state index contributed by atoms with van der Waals surface area (Å²) in [5.74, 6) is 0. The van der Waals surface area contributed by atoms with E-state index in [0.29, 0.717) is 0 Å². The Hall–Kier alpha value is -1.96. The standard InChI is InChI=1S/C15H18N2/c1-3-9-14(4-2)16-12-8-13-17-15-10-6-5-7-11-15/h3,5-13H,4H2,1-2H3/b9-3-,12-8+,16-14-,17-13?. The summed E-state index contributed by atoms with van der Waals surface area (Å²) in [6.45, 7) is 4.08. The summed E-state index contributed by atoms with van der Waals surface area (Å²) in [5, 5.41) is 0. The van der Waals surface area contributed by atoms with E-state index in [1.807, 2.05) is 55.5 Å². The summed E-state index contributed by atoms with van der Waals surface area (Å²) in [4.78, 5) is 8.60. The molecule has 0 radical (unpaired) electrons. The number of hydrogen-bond acceptors (Lipinski definition) is 2. The van der Waals surface area contributed by atoms with Gasteiger partial charge in [0.2, 0.25) is 0 Å². The van der Waals surface area contributed by atoms with Crippen LogP contribution in [0.3, 0.4) is 0 Å². The van der Waals surface area contributed by atoms with Gasteiger partial charge in [0.05, 0.1) is 5.69 Å². The van der Waals surface area contributed by atoms with E-state index in [-0.39, 0.29) is 0 Å². The van der Waals surface area contributed by atoms with Crippen molar-refractivity contribution in [3.8, 4) is 0 Å². The fraction of sp³-hybridized carbons (Fsp3) is 0.200. The molecule has 17 heavy (non-hydrogen) atoms. The molecule has 0 aliphatic carbocycles. The van der Waals surface area contributed by atoms with Crippen molar-refractivity contribution in [2.45, 2.75) is 20.3 Å². The van der Waals surface area contributed by atoms with Gasteiger partial charge in [0.15, 0.2) is 0 Å². The lowest BCUT2D eigenvalue weighted by atomic mass is 10.3. The van der Waals surface area contributed by atoms with Crippen molar-refractivity contribution in [1.82, 2.24) is 0 Å². The van der Waals surface area contributed by atoms with Crippen molar-refractivity contribution in [3.05, 3.63) is 54.8 Å². The molecular weight excluding hydrogens is 208 g/mol.